The van der Waals surface area contributed by atoms with Crippen molar-refractivity contribution < 1.29 is 27.8 Å². The molecule has 1 aliphatic rings. The monoisotopic (exact) mass is 430 g/mol. The van der Waals surface area contributed by atoms with Crippen molar-refractivity contribution in [3.8, 4) is 11.5 Å². The van der Waals surface area contributed by atoms with Crippen molar-refractivity contribution in [2.24, 2.45) is 0 Å². The number of nitrogens with one attached hydrogen (secondary N) is 1. The summed E-state index contributed by atoms with van der Waals surface area (Å²) in [5.74, 6) is -1.04. The van der Waals surface area contributed by atoms with E-state index in [1.807, 2.05) is 0 Å². The van der Waals surface area contributed by atoms with Crippen LogP contribution >= 0.6 is 15.9 Å². The van der Waals surface area contributed by atoms with Gasteiger partial charge in [0.2, 0.25) is 0 Å². The molecule has 1 heterocycles. The summed E-state index contributed by atoms with van der Waals surface area (Å²) < 4.78 is 44.8. The van der Waals surface area contributed by atoms with Crippen LogP contribution in [0.2, 0.25) is 0 Å². The van der Waals surface area contributed by atoms with Gasteiger partial charge in [-0.15, -0.1) is 0 Å². The van der Waals surface area contributed by atoms with Gasteiger partial charge in [-0.25, -0.2) is 0 Å². The lowest BCUT2D eigenvalue weighted by Gasteiger charge is -2.38. The van der Waals surface area contributed by atoms with E-state index < -0.39 is 24.8 Å². The number of methoxy groups -OCH3 is 1. The number of alkyl halides is 3. The summed E-state index contributed by atoms with van der Waals surface area (Å²) in [5, 5.41) is 13.3. The van der Waals surface area contributed by atoms with Gasteiger partial charge in [0.15, 0.2) is 11.5 Å². The molecule has 0 aromatic heterocycles. The SMILES string of the molecule is COc1cc(Br)cc([C@H]2Nc3ccccc3C(=O)N2CC(F)(F)F)c1O. The van der Waals surface area contributed by atoms with Crippen LogP contribution in [0, 0.1) is 0 Å². The molecule has 0 radical (unpaired) electrons. The summed E-state index contributed by atoms with van der Waals surface area (Å²) in [5.41, 5.74) is 0.608. The number of nitrogens with zero attached hydrogens (tertiary/aromatic N) is 1. The highest BCUT2D eigenvalue weighted by atomic mass is 79.9. The molecular formula is C17H14BrF3N2O3. The summed E-state index contributed by atoms with van der Waals surface area (Å²) in [7, 11) is 1.33. The van der Waals surface area contributed by atoms with E-state index in [0.29, 0.717) is 15.1 Å². The van der Waals surface area contributed by atoms with Crippen molar-refractivity contribution in [3.05, 3.63) is 52.0 Å². The zero-order valence-corrected chi connectivity index (χ0v) is 15.1. The zero-order valence-electron chi connectivity index (χ0n) is 13.5. The Morgan fingerprint density at radius 3 is 2.65 bits per heavy atom. The maximum absolute atomic E-state index is 13.1. The molecule has 0 spiro atoms. The molecule has 1 aliphatic heterocycles. The highest BCUT2D eigenvalue weighted by Crippen LogP contribution is 2.42. The average molecular weight is 431 g/mol. The number of phenols is 1. The number of amides is 1. The first-order valence-corrected chi connectivity index (χ1v) is 8.30. The molecule has 0 bridgehead atoms. The fraction of sp³-hybridized carbons (Fsp3) is 0.235. The number of fused-ring (bicyclic) bond motifs is 1. The van der Waals surface area contributed by atoms with Gasteiger partial charge in [0, 0.05) is 15.7 Å². The molecule has 0 saturated heterocycles. The molecule has 5 nitrogen and oxygen atoms in total. The third-order valence-electron chi connectivity index (χ3n) is 3.96. The number of phenolic OH excluding ortho intramolecular Hbond substituents is 1. The third kappa shape index (κ3) is 3.44. The Hall–Kier alpha value is -2.42. The molecule has 3 rings (SSSR count). The van der Waals surface area contributed by atoms with E-state index in [4.69, 9.17) is 4.74 Å². The summed E-state index contributed by atoms with van der Waals surface area (Å²) in [6, 6.07) is 9.20. The van der Waals surface area contributed by atoms with Crippen molar-refractivity contribution >= 4 is 27.5 Å². The Balaban J connectivity index is 2.14. The first-order valence-electron chi connectivity index (χ1n) is 7.51. The maximum Gasteiger partial charge on any atom is 0.406 e. The Morgan fingerprint density at radius 1 is 1.31 bits per heavy atom. The number of rotatable bonds is 3. The molecular weight excluding hydrogens is 417 g/mol. The van der Waals surface area contributed by atoms with E-state index in [1.165, 1.54) is 25.3 Å². The van der Waals surface area contributed by atoms with Gasteiger partial charge in [0.05, 0.1) is 12.7 Å². The second-order valence-electron chi connectivity index (χ2n) is 5.69. The maximum atomic E-state index is 13.1. The fourth-order valence-corrected chi connectivity index (χ4v) is 3.31. The Labute approximate surface area is 155 Å². The van der Waals surface area contributed by atoms with E-state index in [0.717, 1.165) is 0 Å². The molecule has 138 valence electrons. The van der Waals surface area contributed by atoms with Crippen molar-refractivity contribution in [1.82, 2.24) is 4.90 Å². The number of anilines is 1. The van der Waals surface area contributed by atoms with Crippen LogP contribution in [0.4, 0.5) is 18.9 Å². The molecule has 2 aromatic rings. The first kappa shape index (κ1) is 18.4. The Kier molecular flexibility index (Phi) is 4.74. The van der Waals surface area contributed by atoms with E-state index in [2.05, 4.69) is 21.2 Å². The molecule has 0 aliphatic carbocycles. The van der Waals surface area contributed by atoms with Gasteiger partial charge >= 0.3 is 6.18 Å². The van der Waals surface area contributed by atoms with Crippen LogP contribution < -0.4 is 10.1 Å². The van der Waals surface area contributed by atoms with E-state index in [9.17, 15) is 23.1 Å². The van der Waals surface area contributed by atoms with Crippen molar-refractivity contribution in [2.45, 2.75) is 12.3 Å². The van der Waals surface area contributed by atoms with Crippen LogP contribution in [0.5, 0.6) is 11.5 Å². The molecule has 1 amide bonds. The number of para-hydroxylation sites is 1. The number of aromatic hydroxyl groups is 1. The second kappa shape index (κ2) is 6.71. The number of ether oxygens (including phenoxy) is 1. The van der Waals surface area contributed by atoms with Crippen LogP contribution in [0.1, 0.15) is 22.1 Å². The molecule has 26 heavy (non-hydrogen) atoms. The minimum atomic E-state index is -4.60. The quantitative estimate of drug-likeness (QED) is 0.762. The van der Waals surface area contributed by atoms with Crippen molar-refractivity contribution in [2.75, 3.05) is 19.0 Å². The highest BCUT2D eigenvalue weighted by molar-refractivity contribution is 9.10. The summed E-state index contributed by atoms with van der Waals surface area (Å²) in [6.45, 7) is -1.47. The van der Waals surface area contributed by atoms with Crippen LogP contribution in [-0.4, -0.2) is 35.7 Å². The highest BCUT2D eigenvalue weighted by Gasteiger charge is 2.41. The number of hydrogen-bond acceptors (Lipinski definition) is 4. The average Bonchev–Trinajstić information content (AvgIpc) is 2.58. The number of halogens is 4. The third-order valence-corrected chi connectivity index (χ3v) is 4.41. The summed E-state index contributed by atoms with van der Waals surface area (Å²) >= 11 is 3.24. The lowest BCUT2D eigenvalue weighted by atomic mass is 10.0. The topological polar surface area (TPSA) is 61.8 Å². The molecule has 2 N–H and O–H groups in total. The van der Waals surface area contributed by atoms with Crippen LogP contribution in [-0.2, 0) is 0 Å². The normalized spacial score (nSPS) is 16.9. The fourth-order valence-electron chi connectivity index (χ4n) is 2.85. The molecule has 2 aromatic carbocycles. The number of carbonyl (C=O) groups is 1. The van der Waals surface area contributed by atoms with E-state index >= 15 is 0 Å². The van der Waals surface area contributed by atoms with Crippen LogP contribution in [0.3, 0.4) is 0 Å². The lowest BCUT2D eigenvalue weighted by Crippen LogP contribution is -2.47. The van der Waals surface area contributed by atoms with Gasteiger partial charge in [-0.05, 0) is 24.3 Å². The van der Waals surface area contributed by atoms with Gasteiger partial charge in [-0.1, -0.05) is 28.1 Å². The molecule has 0 saturated carbocycles. The van der Waals surface area contributed by atoms with Gasteiger partial charge in [0.1, 0.15) is 12.7 Å². The van der Waals surface area contributed by atoms with Gasteiger partial charge < -0.3 is 20.1 Å². The van der Waals surface area contributed by atoms with Gasteiger partial charge in [-0.2, -0.15) is 13.2 Å². The first-order chi connectivity index (χ1) is 12.2. The largest absolute Gasteiger partial charge is 0.504 e. The predicted octanol–water partition coefficient (Wildman–Crippen LogP) is 4.29. The Bertz CT molecular complexity index is 858. The number of carbonyl (C=O) groups excluding carboxylic acids is 1. The molecule has 0 unspecified atom stereocenters. The van der Waals surface area contributed by atoms with Gasteiger partial charge in [0.25, 0.3) is 5.91 Å². The van der Waals surface area contributed by atoms with Crippen LogP contribution in [0.25, 0.3) is 0 Å². The summed E-state index contributed by atoms with van der Waals surface area (Å²) in [4.78, 5) is 13.3. The smallest absolute Gasteiger partial charge is 0.406 e. The molecule has 0 fully saturated rings. The standard InChI is InChI=1S/C17H14BrF3N2O3/c1-26-13-7-9(18)6-11(14(13)24)15-22-12-5-3-2-4-10(12)16(25)23(15)8-17(19,20)21/h2-7,15,22,24H,8H2,1H3/t15-/m0/s1. The minimum absolute atomic E-state index is 0.0782. The lowest BCUT2D eigenvalue weighted by molar-refractivity contribution is -0.144. The number of hydrogen-bond donors (Lipinski definition) is 2. The second-order valence-corrected chi connectivity index (χ2v) is 6.60. The van der Waals surface area contributed by atoms with Crippen molar-refractivity contribution in [1.29, 1.82) is 0 Å². The van der Waals surface area contributed by atoms with Crippen LogP contribution in [0.15, 0.2) is 40.9 Å². The predicted molar refractivity (Wildman–Crippen MR) is 92.3 cm³/mol. The number of benzene rings is 2. The minimum Gasteiger partial charge on any atom is -0.504 e. The molecule has 1 atom stereocenters. The zero-order chi connectivity index (χ0) is 19.1. The summed E-state index contributed by atoms with van der Waals surface area (Å²) in [6.07, 6.45) is -5.82. The van der Waals surface area contributed by atoms with E-state index in [1.54, 1.807) is 18.2 Å². The Morgan fingerprint density at radius 2 is 2.00 bits per heavy atom. The molecule has 9 heteroatoms. The van der Waals surface area contributed by atoms with Crippen molar-refractivity contribution in [3.63, 3.8) is 0 Å². The van der Waals surface area contributed by atoms with E-state index in [-0.39, 0.29) is 22.6 Å². The van der Waals surface area contributed by atoms with Gasteiger partial charge in [-0.3, -0.25) is 4.79 Å².